The molecule has 6 nitrogen and oxygen atoms in total. The molecular formula is C17H21NO5S. The highest BCUT2D eigenvalue weighted by molar-refractivity contribution is 7.99. The molecule has 1 N–H and O–H groups in total. The smallest absolute Gasteiger partial charge is 0.348 e. The number of aliphatic carboxylic acids is 1. The number of nitrogens with zero attached hydrogens (tertiary/aromatic N) is 1. The Hall–Kier alpha value is -1.73. The normalized spacial score (nSPS) is 20.4. The largest absolute Gasteiger partial charge is 0.478 e. The van der Waals surface area contributed by atoms with Crippen LogP contribution < -0.4 is 4.74 Å². The van der Waals surface area contributed by atoms with Crippen molar-refractivity contribution < 1.29 is 24.2 Å². The molecule has 2 heterocycles. The van der Waals surface area contributed by atoms with Crippen molar-refractivity contribution in [3.05, 3.63) is 29.8 Å². The molecule has 1 amide bonds. The van der Waals surface area contributed by atoms with Gasteiger partial charge in [-0.3, -0.25) is 4.79 Å². The monoisotopic (exact) mass is 351 g/mol. The van der Waals surface area contributed by atoms with Gasteiger partial charge in [-0.1, -0.05) is 0 Å². The first-order valence-corrected chi connectivity index (χ1v) is 9.23. The Bertz CT molecular complexity index is 592. The molecule has 3 rings (SSSR count). The third-order valence-corrected chi connectivity index (χ3v) is 5.39. The number of hydrogen-bond acceptors (Lipinski definition) is 5. The van der Waals surface area contributed by atoms with Crippen LogP contribution >= 0.6 is 11.8 Å². The van der Waals surface area contributed by atoms with E-state index in [-0.39, 0.29) is 5.91 Å². The second-order valence-electron chi connectivity index (χ2n) is 5.94. The number of morpholine rings is 1. The molecule has 2 fully saturated rings. The van der Waals surface area contributed by atoms with E-state index in [9.17, 15) is 14.7 Å². The molecule has 0 saturated carbocycles. The molecule has 1 aromatic carbocycles. The second-order valence-corrected chi connectivity index (χ2v) is 7.17. The lowest BCUT2D eigenvalue weighted by molar-refractivity contribution is -0.156. The average molecular weight is 351 g/mol. The van der Waals surface area contributed by atoms with Crippen molar-refractivity contribution in [1.82, 2.24) is 4.90 Å². The summed E-state index contributed by atoms with van der Waals surface area (Å²) < 4.78 is 11.1. The molecule has 130 valence electrons. The van der Waals surface area contributed by atoms with Gasteiger partial charge in [0.1, 0.15) is 5.75 Å². The highest BCUT2D eigenvalue weighted by Gasteiger charge is 2.42. The fraction of sp³-hybridized carbons (Fsp3) is 0.529. The van der Waals surface area contributed by atoms with Crippen molar-refractivity contribution in [1.29, 1.82) is 0 Å². The summed E-state index contributed by atoms with van der Waals surface area (Å²) in [6.07, 6.45) is 0.975. The number of amides is 1. The number of rotatable bonds is 4. The Kier molecular flexibility index (Phi) is 5.30. The zero-order valence-corrected chi connectivity index (χ0v) is 14.2. The van der Waals surface area contributed by atoms with Gasteiger partial charge >= 0.3 is 5.97 Å². The van der Waals surface area contributed by atoms with Crippen molar-refractivity contribution >= 4 is 23.6 Å². The summed E-state index contributed by atoms with van der Waals surface area (Å²) in [5.74, 6) is 1.09. The third-order valence-electron chi connectivity index (χ3n) is 4.40. The number of carboxylic acids is 1. The lowest BCUT2D eigenvalue weighted by atomic mass is 9.96. The summed E-state index contributed by atoms with van der Waals surface area (Å²) in [6.45, 7) is 2.31. The minimum Gasteiger partial charge on any atom is -0.478 e. The number of thioether (sulfide) groups is 1. The third kappa shape index (κ3) is 3.67. The minimum absolute atomic E-state index is 0.0353. The first kappa shape index (κ1) is 17.1. The fourth-order valence-corrected chi connectivity index (χ4v) is 4.05. The zero-order valence-electron chi connectivity index (χ0n) is 13.4. The van der Waals surface area contributed by atoms with E-state index in [0.29, 0.717) is 50.5 Å². The van der Waals surface area contributed by atoms with E-state index in [4.69, 9.17) is 9.47 Å². The van der Waals surface area contributed by atoms with Gasteiger partial charge in [-0.05, 0) is 35.8 Å². The lowest BCUT2D eigenvalue weighted by Gasteiger charge is -2.33. The molecule has 0 spiro atoms. The van der Waals surface area contributed by atoms with Crippen LogP contribution in [0.25, 0.3) is 0 Å². The number of hydrogen-bond donors (Lipinski definition) is 1. The molecule has 2 saturated heterocycles. The molecule has 0 aromatic heterocycles. The zero-order chi connectivity index (χ0) is 17.0. The van der Waals surface area contributed by atoms with Crippen molar-refractivity contribution in [3.8, 4) is 5.75 Å². The maximum Gasteiger partial charge on any atom is 0.348 e. The number of carboxylic acid groups (broad SMARTS) is 1. The van der Waals surface area contributed by atoms with E-state index in [1.165, 1.54) is 0 Å². The number of benzene rings is 1. The SMILES string of the molecule is O=C(c1ccc(OC2(C(=O)O)CCSCC2)cc1)N1CCOCC1. The topological polar surface area (TPSA) is 76.1 Å². The van der Waals surface area contributed by atoms with Gasteiger partial charge in [-0.25, -0.2) is 4.79 Å². The average Bonchev–Trinajstić information content (AvgIpc) is 2.63. The van der Waals surface area contributed by atoms with Crippen LogP contribution in [0, 0.1) is 0 Å². The molecule has 2 aliphatic rings. The van der Waals surface area contributed by atoms with Gasteiger partial charge in [0.2, 0.25) is 5.60 Å². The molecule has 0 unspecified atom stereocenters. The van der Waals surface area contributed by atoms with E-state index in [0.717, 1.165) is 11.5 Å². The van der Waals surface area contributed by atoms with E-state index in [1.807, 2.05) is 0 Å². The molecular weight excluding hydrogens is 330 g/mol. The van der Waals surface area contributed by atoms with Crippen molar-refractivity contribution in [2.45, 2.75) is 18.4 Å². The maximum absolute atomic E-state index is 12.4. The number of carbonyl (C=O) groups is 2. The maximum atomic E-state index is 12.4. The van der Waals surface area contributed by atoms with Gasteiger partial charge in [0, 0.05) is 31.5 Å². The quantitative estimate of drug-likeness (QED) is 0.893. The molecule has 0 atom stereocenters. The van der Waals surface area contributed by atoms with Crippen LogP contribution in [0.2, 0.25) is 0 Å². The van der Waals surface area contributed by atoms with Crippen molar-refractivity contribution in [2.75, 3.05) is 37.8 Å². The van der Waals surface area contributed by atoms with Crippen LogP contribution in [0.5, 0.6) is 5.75 Å². The summed E-state index contributed by atoms with van der Waals surface area (Å²) in [6, 6.07) is 6.75. The van der Waals surface area contributed by atoms with Gasteiger partial charge in [-0.2, -0.15) is 11.8 Å². The van der Waals surface area contributed by atoms with E-state index < -0.39 is 11.6 Å². The predicted molar refractivity (Wildman–Crippen MR) is 90.7 cm³/mol. The standard InChI is InChI=1S/C17H21NO5S/c19-15(18-7-9-22-10-8-18)13-1-3-14(4-2-13)23-17(16(20)21)5-11-24-12-6-17/h1-4H,5-12H2,(H,20,21). The van der Waals surface area contributed by atoms with Crippen LogP contribution in [0.1, 0.15) is 23.2 Å². The Morgan fingerprint density at radius 3 is 2.33 bits per heavy atom. The van der Waals surface area contributed by atoms with Crippen molar-refractivity contribution in [3.63, 3.8) is 0 Å². The Morgan fingerprint density at radius 1 is 1.12 bits per heavy atom. The fourth-order valence-electron chi connectivity index (χ4n) is 2.90. The highest BCUT2D eigenvalue weighted by atomic mass is 32.2. The van der Waals surface area contributed by atoms with Crippen LogP contribution in [-0.4, -0.2) is 65.3 Å². The van der Waals surface area contributed by atoms with Crippen molar-refractivity contribution in [2.24, 2.45) is 0 Å². The molecule has 0 bridgehead atoms. The lowest BCUT2D eigenvalue weighted by Crippen LogP contribution is -2.47. The van der Waals surface area contributed by atoms with E-state index in [1.54, 1.807) is 40.9 Å². The van der Waals surface area contributed by atoms with Crippen LogP contribution in [0.15, 0.2) is 24.3 Å². The van der Waals surface area contributed by atoms with E-state index in [2.05, 4.69) is 0 Å². The number of carbonyl (C=O) groups excluding carboxylic acids is 1. The predicted octanol–water partition coefficient (Wildman–Crippen LogP) is 1.89. The van der Waals surface area contributed by atoms with E-state index >= 15 is 0 Å². The van der Waals surface area contributed by atoms with Gasteiger partial charge < -0.3 is 19.5 Å². The summed E-state index contributed by atoms with van der Waals surface area (Å²) >= 11 is 1.74. The summed E-state index contributed by atoms with van der Waals surface area (Å²) in [5, 5.41) is 9.56. The number of ether oxygens (including phenoxy) is 2. The van der Waals surface area contributed by atoms with Gasteiger partial charge in [-0.15, -0.1) is 0 Å². The molecule has 1 aromatic rings. The van der Waals surface area contributed by atoms with Gasteiger partial charge in [0.15, 0.2) is 0 Å². The van der Waals surface area contributed by atoms with Crippen LogP contribution in [0.3, 0.4) is 0 Å². The summed E-state index contributed by atoms with van der Waals surface area (Å²) in [5.41, 5.74) is -0.575. The van der Waals surface area contributed by atoms with Gasteiger partial charge in [0.05, 0.1) is 13.2 Å². The Balaban J connectivity index is 1.69. The van der Waals surface area contributed by atoms with Gasteiger partial charge in [0.25, 0.3) is 5.91 Å². The first-order valence-electron chi connectivity index (χ1n) is 8.08. The molecule has 2 aliphatic heterocycles. The molecule has 0 aliphatic carbocycles. The molecule has 24 heavy (non-hydrogen) atoms. The molecule has 7 heteroatoms. The Labute approximate surface area is 145 Å². The van der Waals surface area contributed by atoms with Crippen LogP contribution in [0.4, 0.5) is 0 Å². The summed E-state index contributed by atoms with van der Waals surface area (Å²) in [4.78, 5) is 25.8. The minimum atomic E-state index is -1.15. The first-order chi connectivity index (χ1) is 11.6. The van der Waals surface area contributed by atoms with Crippen LogP contribution in [-0.2, 0) is 9.53 Å². The second kappa shape index (κ2) is 7.44. The highest BCUT2D eigenvalue weighted by Crippen LogP contribution is 2.32. The molecule has 0 radical (unpaired) electrons. The Morgan fingerprint density at radius 2 is 1.75 bits per heavy atom. The summed E-state index contributed by atoms with van der Waals surface area (Å²) in [7, 11) is 0.